The SMILES string of the molecule is CCS(=O)(=O)O.COc1ccc(S(=O)(=O)F)cc1NC(=O)COc1ccc(N2C(N)=NC(N)=NC2(C)C)cc1Cl. The molecule has 1 heterocycles. The number of carbonyl (C=O) groups excluding carboxylic acids is 1. The number of nitrogens with zero attached hydrogens (tertiary/aromatic N) is 3. The number of amides is 1. The molecular weight excluding hydrogens is 595 g/mol. The first-order valence-corrected chi connectivity index (χ1v) is 14.5. The highest BCUT2D eigenvalue weighted by atomic mass is 35.5. The Morgan fingerprint density at radius 3 is 2.25 bits per heavy atom. The minimum absolute atomic E-state index is 0.0433. The molecule has 6 N–H and O–H groups in total. The first-order valence-electron chi connectivity index (χ1n) is 11.2. The highest BCUT2D eigenvalue weighted by Crippen LogP contribution is 2.34. The predicted octanol–water partition coefficient (Wildman–Crippen LogP) is 2.10. The summed E-state index contributed by atoms with van der Waals surface area (Å²) in [5.74, 6) is -0.344. The topological polar surface area (TPSA) is 216 Å². The molecule has 0 bridgehead atoms. The average Bonchev–Trinajstić information content (AvgIpc) is 2.81. The molecule has 0 fully saturated rings. The summed E-state index contributed by atoms with van der Waals surface area (Å²) in [6.07, 6.45) is 0. The monoisotopic (exact) mass is 622 g/mol. The summed E-state index contributed by atoms with van der Waals surface area (Å²) >= 11 is 6.33. The van der Waals surface area contributed by atoms with Crippen molar-refractivity contribution in [1.82, 2.24) is 0 Å². The molecule has 1 aliphatic rings. The van der Waals surface area contributed by atoms with Crippen molar-refractivity contribution in [2.75, 3.05) is 29.7 Å². The van der Waals surface area contributed by atoms with E-state index >= 15 is 0 Å². The molecule has 18 heteroatoms. The maximum absolute atomic E-state index is 13.3. The number of anilines is 2. The van der Waals surface area contributed by atoms with Crippen molar-refractivity contribution in [3.05, 3.63) is 41.4 Å². The molecule has 2 aromatic rings. The van der Waals surface area contributed by atoms with E-state index in [0.29, 0.717) is 5.69 Å². The summed E-state index contributed by atoms with van der Waals surface area (Å²) in [5, 5.41) is 2.60. The zero-order chi connectivity index (χ0) is 30.5. The Bertz CT molecular complexity index is 1550. The second kappa shape index (κ2) is 12.7. The van der Waals surface area contributed by atoms with Gasteiger partial charge in [0, 0.05) is 5.69 Å². The number of halogens is 2. The standard InChI is InChI=1S/C20H22ClFN6O5S.C2H6O3S/c1-20(2)27-18(23)26-19(24)28(20)11-4-6-15(13(21)8-11)33-10-17(29)25-14-9-12(34(22,30)31)5-7-16(14)32-3;1-2-6(3,4)5/h4-9H,10H2,1-3H3,(H,25,29)(H4,23,24,26,27);2H2,1H3,(H,3,4,5). The Kier molecular flexibility index (Phi) is 10.3. The summed E-state index contributed by atoms with van der Waals surface area (Å²) in [6.45, 7) is 4.48. The molecule has 0 saturated carbocycles. The van der Waals surface area contributed by atoms with E-state index < -0.39 is 43.4 Å². The van der Waals surface area contributed by atoms with Gasteiger partial charge in [0.2, 0.25) is 11.9 Å². The van der Waals surface area contributed by atoms with Crippen LogP contribution in [0.5, 0.6) is 11.5 Å². The number of nitrogens with one attached hydrogen (secondary N) is 1. The number of rotatable bonds is 8. The first kappa shape index (κ1) is 32.5. The van der Waals surface area contributed by atoms with Crippen molar-refractivity contribution in [2.45, 2.75) is 31.3 Å². The lowest BCUT2D eigenvalue weighted by molar-refractivity contribution is -0.118. The van der Waals surface area contributed by atoms with Crippen LogP contribution in [0.3, 0.4) is 0 Å². The average molecular weight is 623 g/mol. The van der Waals surface area contributed by atoms with Crippen LogP contribution in [-0.4, -0.2) is 64.3 Å². The molecule has 220 valence electrons. The number of hydrogen-bond donors (Lipinski definition) is 4. The number of carbonyl (C=O) groups is 1. The summed E-state index contributed by atoms with van der Waals surface area (Å²) in [5.41, 5.74) is 11.4. The normalized spacial score (nSPS) is 14.7. The van der Waals surface area contributed by atoms with Crippen LogP contribution in [0.2, 0.25) is 5.02 Å². The molecule has 1 aliphatic heterocycles. The van der Waals surface area contributed by atoms with Gasteiger partial charge >= 0.3 is 10.2 Å². The van der Waals surface area contributed by atoms with Gasteiger partial charge in [0.05, 0.1) is 23.6 Å². The van der Waals surface area contributed by atoms with Gasteiger partial charge < -0.3 is 26.3 Å². The van der Waals surface area contributed by atoms with Crippen molar-refractivity contribution in [2.24, 2.45) is 21.5 Å². The Labute approximate surface area is 235 Å². The van der Waals surface area contributed by atoms with E-state index in [1.54, 1.807) is 30.9 Å². The molecule has 0 spiro atoms. The van der Waals surface area contributed by atoms with E-state index in [0.717, 1.165) is 12.1 Å². The number of aliphatic imine (C=N–C) groups is 2. The van der Waals surface area contributed by atoms with Gasteiger partial charge in [0.15, 0.2) is 6.61 Å². The van der Waals surface area contributed by atoms with Crippen LogP contribution in [0.25, 0.3) is 0 Å². The van der Waals surface area contributed by atoms with Gasteiger partial charge in [0.1, 0.15) is 22.1 Å². The van der Waals surface area contributed by atoms with Crippen molar-refractivity contribution >= 4 is 61.1 Å². The van der Waals surface area contributed by atoms with Crippen molar-refractivity contribution < 1.29 is 39.5 Å². The zero-order valence-corrected chi connectivity index (χ0v) is 24.1. The Hall–Kier alpha value is -3.67. The van der Waals surface area contributed by atoms with Crippen LogP contribution in [0.4, 0.5) is 15.3 Å². The third-order valence-electron chi connectivity index (χ3n) is 5.02. The van der Waals surface area contributed by atoms with Crippen LogP contribution in [0.1, 0.15) is 20.8 Å². The maximum atomic E-state index is 13.3. The van der Waals surface area contributed by atoms with E-state index in [2.05, 4.69) is 15.3 Å². The minimum Gasteiger partial charge on any atom is -0.495 e. The van der Waals surface area contributed by atoms with Crippen molar-refractivity contribution in [3.8, 4) is 11.5 Å². The highest BCUT2D eigenvalue weighted by Gasteiger charge is 2.33. The van der Waals surface area contributed by atoms with Crippen LogP contribution in [0.15, 0.2) is 51.3 Å². The third-order valence-corrected chi connectivity index (χ3v) is 6.86. The summed E-state index contributed by atoms with van der Waals surface area (Å²) in [4.78, 5) is 21.6. The first-order chi connectivity index (χ1) is 18.4. The van der Waals surface area contributed by atoms with Crippen molar-refractivity contribution in [1.29, 1.82) is 0 Å². The van der Waals surface area contributed by atoms with Crippen LogP contribution >= 0.6 is 11.6 Å². The van der Waals surface area contributed by atoms with Crippen LogP contribution in [0, 0.1) is 0 Å². The van der Waals surface area contributed by atoms with E-state index in [4.69, 9.17) is 37.1 Å². The van der Waals surface area contributed by atoms with E-state index in [-0.39, 0.29) is 39.9 Å². The number of guanidine groups is 2. The van der Waals surface area contributed by atoms with Crippen molar-refractivity contribution in [3.63, 3.8) is 0 Å². The Morgan fingerprint density at radius 2 is 1.75 bits per heavy atom. The van der Waals surface area contributed by atoms with Gasteiger partial charge in [-0.3, -0.25) is 14.2 Å². The second-order valence-corrected chi connectivity index (χ2v) is 11.9. The van der Waals surface area contributed by atoms with Gasteiger partial charge in [-0.2, -0.15) is 21.8 Å². The molecule has 0 aromatic heterocycles. The Morgan fingerprint density at radius 1 is 1.15 bits per heavy atom. The fourth-order valence-electron chi connectivity index (χ4n) is 3.26. The lowest BCUT2D eigenvalue weighted by Gasteiger charge is -2.38. The molecule has 14 nitrogen and oxygen atoms in total. The van der Waals surface area contributed by atoms with Gasteiger partial charge in [-0.05, 0) is 57.2 Å². The zero-order valence-electron chi connectivity index (χ0n) is 21.8. The molecule has 0 radical (unpaired) electrons. The van der Waals surface area contributed by atoms with E-state index in [9.17, 15) is 25.5 Å². The van der Waals surface area contributed by atoms with Gasteiger partial charge in [-0.25, -0.2) is 4.99 Å². The summed E-state index contributed by atoms with van der Waals surface area (Å²) < 4.78 is 73.0. The molecule has 0 unspecified atom stereocenters. The fraction of sp³-hybridized carbons (Fsp3) is 0.318. The lowest BCUT2D eigenvalue weighted by atomic mass is 10.1. The molecule has 2 aromatic carbocycles. The van der Waals surface area contributed by atoms with E-state index in [1.165, 1.54) is 26.2 Å². The quantitative estimate of drug-likeness (QED) is 0.247. The number of nitrogens with two attached hydrogens (primary N) is 2. The maximum Gasteiger partial charge on any atom is 0.332 e. The third kappa shape index (κ3) is 8.94. The summed E-state index contributed by atoms with van der Waals surface area (Å²) in [7, 11) is -7.32. The van der Waals surface area contributed by atoms with Crippen LogP contribution in [-0.2, 0) is 25.1 Å². The van der Waals surface area contributed by atoms with Gasteiger partial charge in [-0.1, -0.05) is 11.6 Å². The van der Waals surface area contributed by atoms with Gasteiger partial charge in [0.25, 0.3) is 16.0 Å². The van der Waals surface area contributed by atoms with E-state index in [1.807, 2.05) is 0 Å². The lowest BCUT2D eigenvalue weighted by Crippen LogP contribution is -2.54. The number of methoxy groups -OCH3 is 1. The number of hydrogen-bond acceptors (Lipinski definition) is 12. The number of ether oxygens (including phenoxy) is 2. The molecule has 0 atom stereocenters. The highest BCUT2D eigenvalue weighted by molar-refractivity contribution is 7.86. The summed E-state index contributed by atoms with van der Waals surface area (Å²) in [6, 6.07) is 7.92. The molecule has 40 heavy (non-hydrogen) atoms. The minimum atomic E-state index is -4.97. The smallest absolute Gasteiger partial charge is 0.332 e. The van der Waals surface area contributed by atoms with Gasteiger partial charge in [-0.15, -0.1) is 3.89 Å². The molecule has 1 amide bonds. The largest absolute Gasteiger partial charge is 0.495 e. The fourth-order valence-corrected chi connectivity index (χ4v) is 3.98. The molecule has 0 aliphatic carbocycles. The molecule has 0 saturated heterocycles. The van der Waals surface area contributed by atoms with Crippen LogP contribution < -0.4 is 31.2 Å². The Balaban J connectivity index is 0.000000840. The molecular formula is C22H28ClFN6O8S2. The number of benzene rings is 2. The predicted molar refractivity (Wildman–Crippen MR) is 149 cm³/mol. The molecule has 3 rings (SSSR count). The second-order valence-electron chi connectivity index (χ2n) is 8.39.